The summed E-state index contributed by atoms with van der Waals surface area (Å²) in [5, 5.41) is 0.794. The van der Waals surface area contributed by atoms with Crippen LogP contribution in [0.25, 0.3) is 0 Å². The Hall–Kier alpha value is -0.580. The molecule has 1 aromatic rings. The number of nitrogens with zero attached hydrogens (tertiary/aromatic N) is 2. The van der Waals surface area contributed by atoms with E-state index in [4.69, 9.17) is 4.74 Å². The summed E-state index contributed by atoms with van der Waals surface area (Å²) in [6, 6.07) is 4.97. The summed E-state index contributed by atoms with van der Waals surface area (Å²) in [7, 11) is 0. The average molecular weight is 278 g/mol. The van der Waals surface area contributed by atoms with Crippen LogP contribution in [0.1, 0.15) is 24.8 Å². The van der Waals surface area contributed by atoms with E-state index in [0.29, 0.717) is 0 Å². The number of hydrogen-bond acceptors (Lipinski definition) is 4. The first-order chi connectivity index (χ1) is 9.42. The summed E-state index contributed by atoms with van der Waals surface area (Å²) in [6.45, 7) is 4.44. The van der Waals surface area contributed by atoms with E-state index in [9.17, 15) is 0 Å². The van der Waals surface area contributed by atoms with E-state index < -0.39 is 0 Å². The van der Waals surface area contributed by atoms with Crippen LogP contribution in [0.5, 0.6) is 0 Å². The van der Waals surface area contributed by atoms with E-state index in [0.717, 1.165) is 30.3 Å². The van der Waals surface area contributed by atoms with Gasteiger partial charge in [0.15, 0.2) is 0 Å². The van der Waals surface area contributed by atoms with Crippen molar-refractivity contribution in [3.05, 3.63) is 30.1 Å². The first-order valence-electron chi connectivity index (χ1n) is 7.24. The van der Waals surface area contributed by atoms with Gasteiger partial charge in [-0.25, -0.2) is 0 Å². The van der Waals surface area contributed by atoms with Crippen LogP contribution in [0.3, 0.4) is 0 Å². The van der Waals surface area contributed by atoms with Gasteiger partial charge in [-0.2, -0.15) is 11.8 Å². The lowest BCUT2D eigenvalue weighted by Crippen LogP contribution is -2.38. The maximum atomic E-state index is 5.45. The summed E-state index contributed by atoms with van der Waals surface area (Å²) in [5.74, 6) is 1.10. The first kappa shape index (κ1) is 13.4. The van der Waals surface area contributed by atoms with Crippen LogP contribution >= 0.6 is 11.8 Å². The molecule has 0 N–H and O–H groups in total. The Labute approximate surface area is 119 Å². The fraction of sp³-hybridized carbons (Fsp3) is 0.667. The monoisotopic (exact) mass is 278 g/mol. The zero-order valence-corrected chi connectivity index (χ0v) is 12.1. The fourth-order valence-corrected chi connectivity index (χ4v) is 4.14. The summed E-state index contributed by atoms with van der Waals surface area (Å²) in [6.07, 6.45) is 7.61. The third-order valence-electron chi connectivity index (χ3n) is 4.09. The van der Waals surface area contributed by atoms with Gasteiger partial charge in [0.1, 0.15) is 0 Å². The molecule has 0 saturated carbocycles. The first-order valence-corrected chi connectivity index (χ1v) is 8.29. The van der Waals surface area contributed by atoms with E-state index in [1.165, 1.54) is 37.9 Å². The van der Waals surface area contributed by atoms with E-state index in [-0.39, 0.29) is 0 Å². The lowest BCUT2D eigenvalue weighted by molar-refractivity contribution is 0.0425. The van der Waals surface area contributed by atoms with Crippen molar-refractivity contribution in [3.63, 3.8) is 0 Å². The van der Waals surface area contributed by atoms with Crippen molar-refractivity contribution < 1.29 is 4.74 Å². The molecule has 3 heterocycles. The normalized spacial score (nSPS) is 25.8. The maximum Gasteiger partial charge on any atom is 0.0480 e. The smallest absolute Gasteiger partial charge is 0.0480 e. The van der Waals surface area contributed by atoms with Gasteiger partial charge in [-0.3, -0.25) is 9.88 Å². The Kier molecular flexibility index (Phi) is 4.75. The summed E-state index contributed by atoms with van der Waals surface area (Å²) in [5.41, 5.74) is 1.34. The highest BCUT2D eigenvalue weighted by molar-refractivity contribution is 7.99. The van der Waals surface area contributed by atoms with Crippen LogP contribution in [-0.2, 0) is 10.5 Å². The second-order valence-electron chi connectivity index (χ2n) is 5.42. The molecule has 2 fully saturated rings. The number of likely N-dealkylation sites (tertiary alicyclic amines) is 1. The Morgan fingerprint density at radius 3 is 3.00 bits per heavy atom. The van der Waals surface area contributed by atoms with Crippen molar-refractivity contribution in [1.29, 1.82) is 0 Å². The molecule has 1 aromatic heterocycles. The van der Waals surface area contributed by atoms with Gasteiger partial charge in [0.05, 0.1) is 0 Å². The SMILES string of the molecule is c1cncc(CS[C@@H]2CCN(C3CCOCC3)C2)c1. The molecule has 2 saturated heterocycles. The van der Waals surface area contributed by atoms with Crippen LogP contribution in [0.15, 0.2) is 24.5 Å². The largest absolute Gasteiger partial charge is 0.381 e. The summed E-state index contributed by atoms with van der Waals surface area (Å²) >= 11 is 2.09. The van der Waals surface area contributed by atoms with Gasteiger partial charge in [0, 0.05) is 49.2 Å². The molecule has 2 aliphatic rings. The molecule has 0 spiro atoms. The van der Waals surface area contributed by atoms with Gasteiger partial charge >= 0.3 is 0 Å². The molecule has 0 aromatic carbocycles. The molecule has 0 aliphatic carbocycles. The van der Waals surface area contributed by atoms with Crippen molar-refractivity contribution >= 4 is 11.8 Å². The summed E-state index contributed by atoms with van der Waals surface area (Å²) < 4.78 is 5.45. The van der Waals surface area contributed by atoms with Crippen LogP contribution in [0, 0.1) is 0 Å². The highest BCUT2D eigenvalue weighted by atomic mass is 32.2. The van der Waals surface area contributed by atoms with E-state index in [1.807, 2.05) is 18.5 Å². The molecule has 1 atom stereocenters. The number of pyridine rings is 1. The molecule has 4 heteroatoms. The Bertz CT molecular complexity index is 381. The van der Waals surface area contributed by atoms with Crippen molar-refractivity contribution in [1.82, 2.24) is 9.88 Å². The quantitative estimate of drug-likeness (QED) is 0.845. The average Bonchev–Trinajstić information content (AvgIpc) is 2.96. The molecule has 0 amide bonds. The number of rotatable bonds is 4. The van der Waals surface area contributed by atoms with E-state index in [2.05, 4.69) is 27.7 Å². The molecule has 2 aliphatic heterocycles. The second-order valence-corrected chi connectivity index (χ2v) is 6.71. The highest BCUT2D eigenvalue weighted by Gasteiger charge is 2.29. The van der Waals surface area contributed by atoms with Gasteiger partial charge in [-0.15, -0.1) is 0 Å². The molecule has 104 valence electrons. The molecule has 19 heavy (non-hydrogen) atoms. The Morgan fingerprint density at radius 2 is 2.21 bits per heavy atom. The van der Waals surface area contributed by atoms with Crippen molar-refractivity contribution in [3.8, 4) is 0 Å². The van der Waals surface area contributed by atoms with E-state index in [1.54, 1.807) is 0 Å². The molecule has 0 radical (unpaired) electrons. The summed E-state index contributed by atoms with van der Waals surface area (Å²) in [4.78, 5) is 6.86. The third kappa shape index (κ3) is 3.71. The minimum absolute atomic E-state index is 0.776. The number of aromatic nitrogens is 1. The van der Waals surface area contributed by atoms with Crippen molar-refractivity contribution in [2.45, 2.75) is 36.3 Å². The standard InChI is InChI=1S/C15H22N2OS/c1-2-13(10-16-6-1)12-19-15-3-7-17(11-15)14-4-8-18-9-5-14/h1-2,6,10,14-15H,3-5,7-9,11-12H2/t15-/m1/s1. The van der Waals surface area contributed by atoms with Crippen LogP contribution in [0.2, 0.25) is 0 Å². The second kappa shape index (κ2) is 6.73. The predicted octanol–water partition coefficient (Wildman–Crippen LogP) is 2.57. The van der Waals surface area contributed by atoms with Gasteiger partial charge in [-0.05, 0) is 37.4 Å². The van der Waals surface area contributed by atoms with Crippen LogP contribution in [0.4, 0.5) is 0 Å². The lowest BCUT2D eigenvalue weighted by Gasteiger charge is -2.30. The Morgan fingerprint density at radius 1 is 1.32 bits per heavy atom. The van der Waals surface area contributed by atoms with Crippen LogP contribution in [-0.4, -0.2) is 47.5 Å². The number of hydrogen-bond donors (Lipinski definition) is 0. The van der Waals surface area contributed by atoms with Crippen molar-refractivity contribution in [2.24, 2.45) is 0 Å². The third-order valence-corrected chi connectivity index (χ3v) is 5.45. The minimum Gasteiger partial charge on any atom is -0.381 e. The van der Waals surface area contributed by atoms with Gasteiger partial charge < -0.3 is 4.74 Å². The lowest BCUT2D eigenvalue weighted by atomic mass is 10.1. The number of thioether (sulfide) groups is 1. The zero-order valence-electron chi connectivity index (χ0n) is 11.3. The predicted molar refractivity (Wildman–Crippen MR) is 79.4 cm³/mol. The molecule has 3 nitrogen and oxygen atoms in total. The molecule has 0 bridgehead atoms. The molecule has 3 rings (SSSR count). The van der Waals surface area contributed by atoms with Gasteiger partial charge in [0.25, 0.3) is 0 Å². The molecular formula is C15H22N2OS. The van der Waals surface area contributed by atoms with Gasteiger partial charge in [-0.1, -0.05) is 6.07 Å². The van der Waals surface area contributed by atoms with Crippen molar-refractivity contribution in [2.75, 3.05) is 26.3 Å². The van der Waals surface area contributed by atoms with E-state index >= 15 is 0 Å². The Balaban J connectivity index is 1.44. The number of ether oxygens (including phenoxy) is 1. The highest BCUT2D eigenvalue weighted by Crippen LogP contribution is 2.28. The topological polar surface area (TPSA) is 25.4 Å². The molecular weight excluding hydrogens is 256 g/mol. The molecule has 0 unspecified atom stereocenters. The zero-order chi connectivity index (χ0) is 12.9. The minimum atomic E-state index is 0.776. The fourth-order valence-electron chi connectivity index (χ4n) is 2.97. The van der Waals surface area contributed by atoms with Crippen LogP contribution < -0.4 is 0 Å². The maximum absolute atomic E-state index is 5.45. The van der Waals surface area contributed by atoms with Gasteiger partial charge in [0.2, 0.25) is 0 Å².